The molecular weight excluding hydrogens is 468 g/mol. The summed E-state index contributed by atoms with van der Waals surface area (Å²) in [6, 6.07) is 2.64. The van der Waals surface area contributed by atoms with Gasteiger partial charge in [-0.25, -0.2) is 9.59 Å². The van der Waals surface area contributed by atoms with Crippen molar-refractivity contribution < 1.29 is 28.7 Å². The third kappa shape index (κ3) is 7.53. The number of thiophene rings is 1. The third-order valence-electron chi connectivity index (χ3n) is 5.87. The van der Waals surface area contributed by atoms with Crippen molar-refractivity contribution in [1.29, 1.82) is 0 Å². The summed E-state index contributed by atoms with van der Waals surface area (Å²) in [5, 5.41) is 0. The SMILES string of the molecule is CC(C)(C)OC(=O)C1CCCN1C(=O)Cc1ccc(CC(=O)N2CCCC2C(=O)OC(C)(C)C)s1. The van der Waals surface area contributed by atoms with Crippen LogP contribution in [0.1, 0.15) is 77.0 Å². The van der Waals surface area contributed by atoms with E-state index in [0.29, 0.717) is 25.9 Å². The first kappa shape index (κ1) is 27.2. The highest BCUT2D eigenvalue weighted by Gasteiger charge is 2.38. The number of rotatable bonds is 6. The maximum absolute atomic E-state index is 13.0. The molecule has 0 saturated carbocycles. The number of carbonyl (C=O) groups excluding carboxylic acids is 4. The van der Waals surface area contributed by atoms with Crippen LogP contribution in [0.5, 0.6) is 0 Å². The Morgan fingerprint density at radius 3 is 1.49 bits per heavy atom. The van der Waals surface area contributed by atoms with Crippen LogP contribution in [-0.4, -0.2) is 69.9 Å². The van der Waals surface area contributed by atoms with Crippen molar-refractivity contribution in [3.8, 4) is 0 Å². The van der Waals surface area contributed by atoms with E-state index in [1.807, 2.05) is 53.7 Å². The van der Waals surface area contributed by atoms with Gasteiger partial charge >= 0.3 is 11.9 Å². The van der Waals surface area contributed by atoms with Gasteiger partial charge < -0.3 is 19.3 Å². The molecule has 8 nitrogen and oxygen atoms in total. The lowest BCUT2D eigenvalue weighted by atomic mass is 10.1. The minimum atomic E-state index is -0.596. The molecule has 2 saturated heterocycles. The van der Waals surface area contributed by atoms with Crippen molar-refractivity contribution in [3.63, 3.8) is 0 Å². The summed E-state index contributed by atoms with van der Waals surface area (Å²) in [6.45, 7) is 12.0. The van der Waals surface area contributed by atoms with Gasteiger partial charge in [0.15, 0.2) is 0 Å². The highest BCUT2D eigenvalue weighted by atomic mass is 32.1. The summed E-state index contributed by atoms with van der Waals surface area (Å²) in [5.41, 5.74) is -1.19. The molecule has 35 heavy (non-hydrogen) atoms. The van der Waals surface area contributed by atoms with Crippen molar-refractivity contribution in [3.05, 3.63) is 21.9 Å². The molecule has 2 fully saturated rings. The van der Waals surface area contributed by atoms with Gasteiger partial charge in [0, 0.05) is 22.8 Å². The predicted octanol–water partition coefficient (Wildman–Crippen LogP) is 3.50. The van der Waals surface area contributed by atoms with E-state index < -0.39 is 23.3 Å². The fourth-order valence-electron chi connectivity index (χ4n) is 4.47. The molecule has 1 aromatic rings. The Labute approximate surface area is 211 Å². The molecule has 0 radical (unpaired) electrons. The number of amides is 2. The molecule has 0 spiro atoms. The summed E-state index contributed by atoms with van der Waals surface area (Å²) in [6.07, 6.45) is 3.13. The first-order valence-corrected chi connectivity index (χ1v) is 13.2. The van der Waals surface area contributed by atoms with Gasteiger partial charge in [0.2, 0.25) is 11.8 Å². The van der Waals surface area contributed by atoms with Gasteiger partial charge in [0.1, 0.15) is 23.3 Å². The Morgan fingerprint density at radius 2 is 1.14 bits per heavy atom. The molecule has 2 aliphatic heterocycles. The zero-order chi connectivity index (χ0) is 26.0. The number of carbonyl (C=O) groups is 4. The van der Waals surface area contributed by atoms with Crippen LogP contribution < -0.4 is 0 Å². The third-order valence-corrected chi connectivity index (χ3v) is 6.96. The molecule has 1 aromatic heterocycles. The summed E-state index contributed by atoms with van der Waals surface area (Å²) in [7, 11) is 0. The van der Waals surface area contributed by atoms with Gasteiger partial charge in [-0.3, -0.25) is 9.59 Å². The standard InChI is InChI=1S/C26H38N2O6S/c1-25(2,3)33-23(31)19-9-7-13-27(19)21(29)15-17-11-12-18(35-17)16-22(30)28-14-8-10-20(28)24(32)34-26(4,5)6/h11-12,19-20H,7-10,13-16H2,1-6H3. The van der Waals surface area contributed by atoms with Crippen LogP contribution in [0.25, 0.3) is 0 Å². The van der Waals surface area contributed by atoms with Crippen LogP contribution in [0.15, 0.2) is 12.1 Å². The van der Waals surface area contributed by atoms with E-state index in [4.69, 9.17) is 9.47 Å². The summed E-state index contributed by atoms with van der Waals surface area (Å²) in [4.78, 5) is 55.9. The van der Waals surface area contributed by atoms with E-state index in [2.05, 4.69) is 0 Å². The van der Waals surface area contributed by atoms with Gasteiger partial charge in [-0.15, -0.1) is 11.3 Å². The molecule has 0 aliphatic carbocycles. The number of nitrogens with zero attached hydrogens (tertiary/aromatic N) is 2. The zero-order valence-electron chi connectivity index (χ0n) is 21.7. The maximum atomic E-state index is 13.0. The molecule has 9 heteroatoms. The number of hydrogen-bond acceptors (Lipinski definition) is 7. The van der Waals surface area contributed by atoms with Crippen molar-refractivity contribution in [2.45, 2.75) is 103 Å². The normalized spacial score (nSPS) is 20.7. The van der Waals surface area contributed by atoms with Crippen LogP contribution >= 0.6 is 11.3 Å². The second kappa shape index (κ2) is 10.7. The van der Waals surface area contributed by atoms with E-state index in [0.717, 1.165) is 22.6 Å². The molecular formula is C26H38N2O6S. The van der Waals surface area contributed by atoms with E-state index in [9.17, 15) is 19.2 Å². The van der Waals surface area contributed by atoms with Crippen LogP contribution in [0.2, 0.25) is 0 Å². The Kier molecular flexibility index (Phi) is 8.29. The zero-order valence-corrected chi connectivity index (χ0v) is 22.5. The molecule has 3 heterocycles. The lowest BCUT2D eigenvalue weighted by Crippen LogP contribution is -2.44. The first-order chi connectivity index (χ1) is 16.2. The number of esters is 2. The highest BCUT2D eigenvalue weighted by molar-refractivity contribution is 7.12. The lowest BCUT2D eigenvalue weighted by molar-refractivity contribution is -0.163. The molecule has 2 atom stereocenters. The average Bonchev–Trinajstić information content (AvgIpc) is 3.45. The average molecular weight is 507 g/mol. The van der Waals surface area contributed by atoms with Crippen LogP contribution in [0.4, 0.5) is 0 Å². The number of likely N-dealkylation sites (tertiary alicyclic amines) is 2. The van der Waals surface area contributed by atoms with Crippen molar-refractivity contribution >= 4 is 35.1 Å². The first-order valence-electron chi connectivity index (χ1n) is 12.4. The predicted molar refractivity (Wildman–Crippen MR) is 133 cm³/mol. The number of ether oxygens (including phenoxy) is 2. The van der Waals surface area contributed by atoms with Gasteiger partial charge in [0.25, 0.3) is 0 Å². The van der Waals surface area contributed by atoms with E-state index in [1.165, 1.54) is 11.3 Å². The quantitative estimate of drug-likeness (QED) is 0.549. The molecule has 0 aromatic carbocycles. The highest BCUT2D eigenvalue weighted by Crippen LogP contribution is 2.26. The minimum Gasteiger partial charge on any atom is -0.458 e. The topological polar surface area (TPSA) is 93.2 Å². The molecule has 2 aliphatic rings. The lowest BCUT2D eigenvalue weighted by Gasteiger charge is -2.27. The second-order valence-electron chi connectivity index (χ2n) is 11.3. The monoisotopic (exact) mass is 506 g/mol. The largest absolute Gasteiger partial charge is 0.458 e. The second-order valence-corrected chi connectivity index (χ2v) is 12.5. The van der Waals surface area contributed by atoms with Gasteiger partial charge in [-0.2, -0.15) is 0 Å². The van der Waals surface area contributed by atoms with Crippen LogP contribution in [0, 0.1) is 0 Å². The Morgan fingerprint density at radius 1 is 0.771 bits per heavy atom. The Balaban J connectivity index is 1.57. The Bertz CT molecular complexity index is 883. The van der Waals surface area contributed by atoms with E-state index >= 15 is 0 Å². The van der Waals surface area contributed by atoms with Crippen molar-refractivity contribution in [1.82, 2.24) is 9.80 Å². The molecule has 0 N–H and O–H groups in total. The molecule has 2 amide bonds. The Hall–Kier alpha value is -2.42. The molecule has 194 valence electrons. The van der Waals surface area contributed by atoms with Crippen LogP contribution in [0.3, 0.4) is 0 Å². The van der Waals surface area contributed by atoms with E-state index in [1.54, 1.807) is 9.80 Å². The van der Waals surface area contributed by atoms with Gasteiger partial charge in [-0.1, -0.05) is 0 Å². The van der Waals surface area contributed by atoms with Crippen LogP contribution in [-0.2, 0) is 41.5 Å². The summed E-state index contributed by atoms with van der Waals surface area (Å²) >= 11 is 1.42. The van der Waals surface area contributed by atoms with Gasteiger partial charge in [0.05, 0.1) is 12.8 Å². The fourth-order valence-corrected chi connectivity index (χ4v) is 5.47. The fraction of sp³-hybridized carbons (Fsp3) is 0.692. The van der Waals surface area contributed by atoms with Crippen molar-refractivity contribution in [2.24, 2.45) is 0 Å². The molecule has 0 bridgehead atoms. The van der Waals surface area contributed by atoms with E-state index in [-0.39, 0.29) is 36.6 Å². The van der Waals surface area contributed by atoms with Gasteiger partial charge in [-0.05, 0) is 79.4 Å². The summed E-state index contributed by atoms with van der Waals surface area (Å²) in [5.74, 6) is -0.929. The minimum absolute atomic E-state index is 0.109. The molecule has 3 rings (SSSR count). The molecule has 2 unspecified atom stereocenters. The summed E-state index contributed by atoms with van der Waals surface area (Å²) < 4.78 is 11.0. The smallest absolute Gasteiger partial charge is 0.329 e. The number of hydrogen-bond donors (Lipinski definition) is 0. The maximum Gasteiger partial charge on any atom is 0.329 e. The van der Waals surface area contributed by atoms with Crippen molar-refractivity contribution in [2.75, 3.05) is 13.1 Å².